The summed E-state index contributed by atoms with van der Waals surface area (Å²) in [6.07, 6.45) is 0. The number of nitrogens with one attached hydrogen (secondary N) is 2. The van der Waals surface area contributed by atoms with Crippen LogP contribution in [0.4, 0.5) is 0 Å². The smallest absolute Gasteiger partial charge is 0.275 e. The number of H-pyrrole nitrogens is 1. The van der Waals surface area contributed by atoms with Crippen molar-refractivity contribution in [3.63, 3.8) is 0 Å². The fraction of sp³-hybridized carbons (Fsp3) is 0.412. The third-order valence-electron chi connectivity index (χ3n) is 4.54. The molecule has 132 valence electrons. The van der Waals surface area contributed by atoms with E-state index in [1.54, 1.807) is 16.8 Å². The van der Waals surface area contributed by atoms with Gasteiger partial charge < -0.3 is 15.1 Å². The predicted octanol–water partition coefficient (Wildman–Crippen LogP) is 0.229. The molecule has 0 bridgehead atoms. The molecule has 0 spiro atoms. The molecule has 2 heterocycles. The molecular formula is C17H21N5O3. The molecule has 0 radical (unpaired) electrons. The lowest BCUT2D eigenvalue weighted by atomic mass is 10.1. The van der Waals surface area contributed by atoms with Crippen LogP contribution in [0, 0.1) is 5.92 Å². The van der Waals surface area contributed by atoms with E-state index in [4.69, 9.17) is 0 Å². The van der Waals surface area contributed by atoms with Gasteiger partial charge in [0.1, 0.15) is 0 Å². The van der Waals surface area contributed by atoms with Crippen molar-refractivity contribution in [2.24, 2.45) is 5.92 Å². The average molecular weight is 343 g/mol. The Balaban J connectivity index is 1.88. The molecule has 1 aliphatic heterocycles. The fourth-order valence-electron chi connectivity index (χ4n) is 3.13. The van der Waals surface area contributed by atoms with Gasteiger partial charge >= 0.3 is 0 Å². The number of fused-ring (bicyclic) bond motifs is 1. The second kappa shape index (κ2) is 6.92. The van der Waals surface area contributed by atoms with Gasteiger partial charge in [-0.05, 0) is 6.07 Å². The van der Waals surface area contributed by atoms with Crippen molar-refractivity contribution in [2.45, 2.75) is 6.92 Å². The van der Waals surface area contributed by atoms with Crippen LogP contribution in [0.2, 0.25) is 0 Å². The standard InChI is InChI=1S/C17H21N5O3/c1-11(23)21-7-8-22(10-12(9-21)16(24)18-2)17(25)15-13-5-3-4-6-14(13)19-20-15/h3-6,12H,7-10H2,1-2H3,(H,18,24)(H,19,20). The highest BCUT2D eigenvalue weighted by molar-refractivity contribution is 6.04. The third-order valence-corrected chi connectivity index (χ3v) is 4.54. The van der Waals surface area contributed by atoms with Crippen LogP contribution in [-0.4, -0.2) is 70.9 Å². The van der Waals surface area contributed by atoms with Crippen LogP contribution < -0.4 is 5.32 Å². The van der Waals surface area contributed by atoms with Crippen LogP contribution in [0.1, 0.15) is 17.4 Å². The van der Waals surface area contributed by atoms with Crippen LogP contribution in [-0.2, 0) is 9.59 Å². The van der Waals surface area contributed by atoms with Crippen LogP contribution in [0.3, 0.4) is 0 Å². The predicted molar refractivity (Wildman–Crippen MR) is 91.8 cm³/mol. The van der Waals surface area contributed by atoms with E-state index in [2.05, 4.69) is 15.5 Å². The normalized spacial score (nSPS) is 18.1. The first-order valence-corrected chi connectivity index (χ1v) is 8.20. The van der Waals surface area contributed by atoms with E-state index in [0.29, 0.717) is 25.3 Å². The van der Waals surface area contributed by atoms with Gasteiger partial charge in [0, 0.05) is 45.5 Å². The Morgan fingerprint density at radius 1 is 1.16 bits per heavy atom. The molecule has 2 N–H and O–H groups in total. The molecule has 1 unspecified atom stereocenters. The van der Waals surface area contributed by atoms with Crippen molar-refractivity contribution < 1.29 is 14.4 Å². The summed E-state index contributed by atoms with van der Waals surface area (Å²) in [7, 11) is 1.55. The molecule has 2 aromatic rings. The van der Waals surface area contributed by atoms with Crippen LogP contribution in [0.15, 0.2) is 24.3 Å². The average Bonchev–Trinajstić information content (AvgIpc) is 2.91. The van der Waals surface area contributed by atoms with Crippen molar-refractivity contribution in [1.29, 1.82) is 0 Å². The minimum absolute atomic E-state index is 0.103. The number of aromatic amines is 1. The van der Waals surface area contributed by atoms with Gasteiger partial charge in [-0.25, -0.2) is 0 Å². The lowest BCUT2D eigenvalue weighted by Crippen LogP contribution is -2.42. The van der Waals surface area contributed by atoms with Crippen molar-refractivity contribution in [1.82, 2.24) is 25.3 Å². The number of carbonyl (C=O) groups excluding carboxylic acids is 3. The summed E-state index contributed by atoms with van der Waals surface area (Å²) in [6, 6.07) is 7.41. The van der Waals surface area contributed by atoms with Gasteiger partial charge in [0.05, 0.1) is 11.4 Å². The van der Waals surface area contributed by atoms with E-state index in [0.717, 1.165) is 10.9 Å². The third kappa shape index (κ3) is 3.33. The quantitative estimate of drug-likeness (QED) is 0.815. The summed E-state index contributed by atoms with van der Waals surface area (Å²) >= 11 is 0. The molecule has 1 aromatic carbocycles. The molecule has 25 heavy (non-hydrogen) atoms. The summed E-state index contributed by atoms with van der Waals surface area (Å²) in [5.74, 6) is -0.992. The van der Waals surface area contributed by atoms with Gasteiger partial charge in [-0.3, -0.25) is 19.5 Å². The molecule has 3 rings (SSSR count). The molecule has 1 aromatic heterocycles. The molecule has 1 fully saturated rings. The first-order chi connectivity index (χ1) is 12.0. The maximum atomic E-state index is 13.0. The Hall–Kier alpha value is -2.90. The number of benzene rings is 1. The second-order valence-corrected chi connectivity index (χ2v) is 6.15. The SMILES string of the molecule is CNC(=O)C1CN(C(C)=O)CCN(C(=O)c2n[nH]c3ccccc23)C1. The van der Waals surface area contributed by atoms with Gasteiger partial charge in [-0.1, -0.05) is 18.2 Å². The van der Waals surface area contributed by atoms with Gasteiger partial charge in [-0.15, -0.1) is 0 Å². The minimum Gasteiger partial charge on any atom is -0.359 e. The monoisotopic (exact) mass is 343 g/mol. The number of aromatic nitrogens is 2. The molecule has 3 amide bonds. The Morgan fingerprint density at radius 3 is 2.56 bits per heavy atom. The Labute approximate surface area is 145 Å². The fourth-order valence-corrected chi connectivity index (χ4v) is 3.13. The Morgan fingerprint density at radius 2 is 1.84 bits per heavy atom. The highest BCUT2D eigenvalue weighted by Gasteiger charge is 2.32. The van der Waals surface area contributed by atoms with Crippen molar-refractivity contribution in [3.8, 4) is 0 Å². The first-order valence-electron chi connectivity index (χ1n) is 8.20. The number of hydrogen-bond acceptors (Lipinski definition) is 4. The van der Waals surface area contributed by atoms with E-state index in [1.165, 1.54) is 6.92 Å². The van der Waals surface area contributed by atoms with Gasteiger partial charge in [0.25, 0.3) is 5.91 Å². The van der Waals surface area contributed by atoms with Gasteiger partial charge in [-0.2, -0.15) is 5.10 Å². The Kier molecular flexibility index (Phi) is 4.69. The van der Waals surface area contributed by atoms with Crippen molar-refractivity contribution in [3.05, 3.63) is 30.0 Å². The number of rotatable bonds is 2. The molecule has 8 nitrogen and oxygen atoms in total. The topological polar surface area (TPSA) is 98.4 Å². The highest BCUT2D eigenvalue weighted by Crippen LogP contribution is 2.19. The summed E-state index contributed by atoms with van der Waals surface area (Å²) in [5.41, 5.74) is 1.12. The van der Waals surface area contributed by atoms with E-state index in [9.17, 15) is 14.4 Å². The lowest BCUT2D eigenvalue weighted by molar-refractivity contribution is -0.130. The summed E-state index contributed by atoms with van der Waals surface area (Å²) in [4.78, 5) is 40.1. The number of nitrogens with zero attached hydrogens (tertiary/aromatic N) is 3. The van der Waals surface area contributed by atoms with Gasteiger partial charge in [0.2, 0.25) is 11.8 Å². The number of amides is 3. The summed E-state index contributed by atoms with van der Waals surface area (Å²) in [5, 5.41) is 10.4. The zero-order chi connectivity index (χ0) is 18.0. The second-order valence-electron chi connectivity index (χ2n) is 6.15. The first kappa shape index (κ1) is 16.9. The van der Waals surface area contributed by atoms with E-state index >= 15 is 0 Å². The largest absolute Gasteiger partial charge is 0.359 e. The molecule has 1 atom stereocenters. The lowest BCUT2D eigenvalue weighted by Gasteiger charge is -2.22. The molecule has 0 aliphatic carbocycles. The number of carbonyl (C=O) groups is 3. The molecule has 8 heteroatoms. The zero-order valence-electron chi connectivity index (χ0n) is 14.3. The van der Waals surface area contributed by atoms with E-state index in [-0.39, 0.29) is 24.3 Å². The molecule has 0 saturated carbocycles. The minimum atomic E-state index is -0.467. The zero-order valence-corrected chi connectivity index (χ0v) is 14.3. The van der Waals surface area contributed by atoms with Crippen molar-refractivity contribution in [2.75, 3.05) is 33.2 Å². The Bertz CT molecular complexity index is 815. The summed E-state index contributed by atoms with van der Waals surface area (Å²) in [6.45, 7) is 2.80. The summed E-state index contributed by atoms with van der Waals surface area (Å²) < 4.78 is 0. The maximum absolute atomic E-state index is 13.0. The van der Waals surface area contributed by atoms with Crippen LogP contribution in [0.25, 0.3) is 10.9 Å². The van der Waals surface area contributed by atoms with Crippen LogP contribution >= 0.6 is 0 Å². The molecule has 1 aliphatic rings. The van der Waals surface area contributed by atoms with Crippen LogP contribution in [0.5, 0.6) is 0 Å². The number of para-hydroxylation sites is 1. The van der Waals surface area contributed by atoms with E-state index < -0.39 is 5.92 Å². The maximum Gasteiger partial charge on any atom is 0.275 e. The highest BCUT2D eigenvalue weighted by atomic mass is 16.2. The van der Waals surface area contributed by atoms with Gasteiger partial charge in [0.15, 0.2) is 5.69 Å². The van der Waals surface area contributed by atoms with Crippen molar-refractivity contribution >= 4 is 28.6 Å². The number of hydrogen-bond donors (Lipinski definition) is 2. The molecular weight excluding hydrogens is 322 g/mol. The van der Waals surface area contributed by atoms with E-state index in [1.807, 2.05) is 24.3 Å². The molecule has 1 saturated heterocycles.